The van der Waals surface area contributed by atoms with Crippen LogP contribution in [0.15, 0.2) is 30.4 Å². The molecule has 0 unspecified atom stereocenters. The number of hydrogen-bond acceptors (Lipinski definition) is 6. The lowest BCUT2D eigenvalue weighted by molar-refractivity contribution is 0.596. The van der Waals surface area contributed by atoms with Crippen LogP contribution < -0.4 is 11.1 Å². The number of aryl methyl sites for hydroxylation is 2. The molecule has 1 N–H and O–H groups in total. The van der Waals surface area contributed by atoms with Crippen LogP contribution in [-0.4, -0.2) is 24.7 Å². The second kappa shape index (κ2) is 5.02. The van der Waals surface area contributed by atoms with E-state index in [1.54, 1.807) is 20.0 Å². The van der Waals surface area contributed by atoms with E-state index in [1.807, 2.05) is 0 Å². The highest BCUT2D eigenvalue weighted by Gasteiger charge is 2.08. The summed E-state index contributed by atoms with van der Waals surface area (Å²) in [5.41, 5.74) is -1.57. The molecule has 0 fully saturated rings. The fourth-order valence-electron chi connectivity index (χ4n) is 1.20. The van der Waals surface area contributed by atoms with Gasteiger partial charge in [-0.2, -0.15) is 4.98 Å². The molecule has 7 nitrogen and oxygen atoms in total. The molecule has 2 heterocycles. The first-order valence-electron chi connectivity index (χ1n) is 4.82. The van der Waals surface area contributed by atoms with E-state index in [1.165, 1.54) is 16.4 Å². The molecular weight excluding hydrogens is 322 g/mol. The summed E-state index contributed by atoms with van der Waals surface area (Å²) in [6.07, 6.45) is 0. The van der Waals surface area contributed by atoms with E-state index in [0.29, 0.717) is 20.6 Å². The highest BCUT2D eigenvalue weighted by Crippen LogP contribution is 2.24. The highest BCUT2D eigenvalue weighted by atomic mass is 79.9. The van der Waals surface area contributed by atoms with Crippen LogP contribution in [0, 0.1) is 6.92 Å². The molecule has 2 aromatic heterocycles. The second-order valence-electron chi connectivity index (χ2n) is 3.38. The van der Waals surface area contributed by atoms with E-state index in [4.69, 9.17) is 0 Å². The van der Waals surface area contributed by atoms with E-state index in [0.717, 1.165) is 0 Å². The summed E-state index contributed by atoms with van der Waals surface area (Å²) in [5, 5.41) is 3.35. The zero-order chi connectivity index (χ0) is 13.3. The van der Waals surface area contributed by atoms with Gasteiger partial charge < -0.3 is 0 Å². The van der Waals surface area contributed by atoms with Gasteiger partial charge in [-0.25, -0.2) is 9.97 Å². The second-order valence-corrected chi connectivity index (χ2v) is 5.18. The Morgan fingerprint density at radius 2 is 2.06 bits per heavy atom. The lowest BCUT2D eigenvalue weighted by atomic mass is 10.6. The minimum absolute atomic E-state index is 0.351. The van der Waals surface area contributed by atoms with Gasteiger partial charge in [0, 0.05) is 13.1 Å². The van der Waals surface area contributed by atoms with Crippen LogP contribution >= 0.6 is 27.7 Å². The third-order valence-electron chi connectivity index (χ3n) is 1.93. The fraction of sp³-hybridized carbons (Fsp3) is 0.222. The maximum atomic E-state index is 11.2. The molecule has 0 aliphatic carbocycles. The Morgan fingerprint density at radius 1 is 1.33 bits per heavy atom. The molecule has 0 spiro atoms. The van der Waals surface area contributed by atoms with Gasteiger partial charge in [-0.05, 0) is 34.6 Å². The Bertz CT molecular complexity index is 691. The molecule has 94 valence electrons. The van der Waals surface area contributed by atoms with Crippen LogP contribution in [0.3, 0.4) is 0 Å². The summed E-state index contributed by atoms with van der Waals surface area (Å²) in [6, 6.07) is 1.70. The number of aromatic nitrogens is 5. The summed E-state index contributed by atoms with van der Waals surface area (Å²) in [5.74, 6) is 0.598. The molecule has 9 heteroatoms. The summed E-state index contributed by atoms with van der Waals surface area (Å²) >= 11 is 4.43. The third-order valence-corrected chi connectivity index (χ3v) is 3.30. The predicted octanol–water partition coefficient (Wildman–Crippen LogP) is 0.481. The van der Waals surface area contributed by atoms with Gasteiger partial charge in [-0.3, -0.25) is 19.4 Å². The number of nitrogens with zero attached hydrogens (tertiary/aromatic N) is 4. The topological polar surface area (TPSA) is 93.5 Å². The summed E-state index contributed by atoms with van der Waals surface area (Å²) in [4.78, 5) is 34.2. The predicted molar refractivity (Wildman–Crippen MR) is 68.7 cm³/mol. The van der Waals surface area contributed by atoms with Crippen LogP contribution in [0.5, 0.6) is 0 Å². The fourth-order valence-corrected chi connectivity index (χ4v) is 2.67. The number of hydrogen-bond donors (Lipinski definition) is 1. The summed E-state index contributed by atoms with van der Waals surface area (Å²) in [6.45, 7) is 1.76. The molecule has 2 rings (SSSR count). The van der Waals surface area contributed by atoms with Crippen molar-refractivity contribution in [1.82, 2.24) is 24.7 Å². The van der Waals surface area contributed by atoms with Crippen LogP contribution in [0.4, 0.5) is 0 Å². The normalized spacial score (nSPS) is 10.6. The molecule has 0 amide bonds. The van der Waals surface area contributed by atoms with Gasteiger partial charge in [0.25, 0.3) is 0 Å². The highest BCUT2D eigenvalue weighted by molar-refractivity contribution is 9.10. The standard InChI is InChI=1S/C9H8BrN5O2S/c1-4-11-5(10)3-6(12-4)18-9-13-7(16)8(17)14-15(9)2/h3H,1-2H3,(H,14,17). The van der Waals surface area contributed by atoms with Crippen LogP contribution in [0.1, 0.15) is 5.82 Å². The van der Waals surface area contributed by atoms with Gasteiger partial charge >= 0.3 is 11.1 Å². The summed E-state index contributed by atoms with van der Waals surface area (Å²) < 4.78 is 2.02. The Hall–Kier alpha value is -1.48. The molecule has 0 aliphatic heterocycles. The molecule has 0 atom stereocenters. The summed E-state index contributed by atoms with van der Waals surface area (Å²) in [7, 11) is 1.60. The zero-order valence-corrected chi connectivity index (χ0v) is 11.9. The van der Waals surface area contributed by atoms with Gasteiger partial charge in [-0.1, -0.05) is 0 Å². The molecule has 0 aliphatic rings. The Labute approximate surface area is 114 Å². The van der Waals surface area contributed by atoms with Crippen molar-refractivity contribution in [2.24, 2.45) is 7.05 Å². The monoisotopic (exact) mass is 329 g/mol. The van der Waals surface area contributed by atoms with Crippen LogP contribution in [-0.2, 0) is 7.05 Å². The zero-order valence-electron chi connectivity index (χ0n) is 9.47. The Morgan fingerprint density at radius 3 is 2.72 bits per heavy atom. The van der Waals surface area contributed by atoms with E-state index < -0.39 is 11.1 Å². The smallest absolute Gasteiger partial charge is 0.265 e. The molecule has 0 radical (unpaired) electrons. The number of aromatic amines is 1. The van der Waals surface area contributed by atoms with Gasteiger partial charge in [-0.15, -0.1) is 0 Å². The van der Waals surface area contributed by atoms with Crippen molar-refractivity contribution in [3.63, 3.8) is 0 Å². The van der Waals surface area contributed by atoms with E-state index in [-0.39, 0.29) is 0 Å². The largest absolute Gasteiger partial charge is 0.339 e. The van der Waals surface area contributed by atoms with Crippen molar-refractivity contribution in [1.29, 1.82) is 0 Å². The van der Waals surface area contributed by atoms with Crippen molar-refractivity contribution in [3.05, 3.63) is 37.2 Å². The number of H-pyrrole nitrogens is 1. The average Bonchev–Trinajstić information content (AvgIpc) is 2.24. The maximum Gasteiger partial charge on any atom is 0.339 e. The Kier molecular flexibility index (Phi) is 3.62. The van der Waals surface area contributed by atoms with Crippen LogP contribution in [0.25, 0.3) is 0 Å². The molecule has 0 aromatic carbocycles. The molecule has 0 saturated heterocycles. The van der Waals surface area contributed by atoms with E-state index in [2.05, 4.69) is 36.0 Å². The van der Waals surface area contributed by atoms with Gasteiger partial charge in [0.05, 0.1) is 0 Å². The van der Waals surface area contributed by atoms with Gasteiger partial charge in [0.1, 0.15) is 15.5 Å². The van der Waals surface area contributed by atoms with Gasteiger partial charge in [0.15, 0.2) is 5.16 Å². The minimum Gasteiger partial charge on any atom is -0.265 e. The quantitative estimate of drug-likeness (QED) is 0.636. The Balaban J connectivity index is 2.43. The third kappa shape index (κ3) is 2.85. The minimum atomic E-state index is -0.819. The first kappa shape index (κ1) is 13.0. The van der Waals surface area contributed by atoms with Crippen molar-refractivity contribution in [3.8, 4) is 0 Å². The van der Waals surface area contributed by atoms with E-state index >= 15 is 0 Å². The lowest BCUT2D eigenvalue weighted by Gasteiger charge is -2.05. The molecular formula is C9H8BrN5O2S. The average molecular weight is 330 g/mol. The SMILES string of the molecule is Cc1nc(Br)cc(Sc2nc(=O)c(=O)[nH]n2C)n1. The number of rotatable bonds is 2. The van der Waals surface area contributed by atoms with Gasteiger partial charge in [0.2, 0.25) is 0 Å². The van der Waals surface area contributed by atoms with Crippen LogP contribution in [0.2, 0.25) is 0 Å². The maximum absolute atomic E-state index is 11.2. The van der Waals surface area contributed by atoms with Crippen molar-refractivity contribution in [2.75, 3.05) is 0 Å². The lowest BCUT2D eigenvalue weighted by Crippen LogP contribution is -2.33. The molecule has 0 saturated carbocycles. The number of halogens is 1. The van der Waals surface area contributed by atoms with Crippen molar-refractivity contribution < 1.29 is 0 Å². The molecule has 0 bridgehead atoms. The van der Waals surface area contributed by atoms with E-state index in [9.17, 15) is 9.59 Å². The molecule has 18 heavy (non-hydrogen) atoms. The molecule has 2 aromatic rings. The first-order valence-corrected chi connectivity index (χ1v) is 6.43. The number of nitrogens with one attached hydrogen (secondary N) is 1. The van der Waals surface area contributed by atoms with Crippen molar-refractivity contribution >= 4 is 27.7 Å². The first-order chi connectivity index (χ1) is 8.45. The van der Waals surface area contributed by atoms with Crippen molar-refractivity contribution in [2.45, 2.75) is 17.1 Å².